The van der Waals surface area contributed by atoms with Crippen molar-refractivity contribution in [3.05, 3.63) is 28.2 Å². The molecule has 1 aromatic carbocycles. The van der Waals surface area contributed by atoms with Crippen molar-refractivity contribution in [3.63, 3.8) is 0 Å². The van der Waals surface area contributed by atoms with E-state index in [9.17, 15) is 8.42 Å². The first-order chi connectivity index (χ1) is 9.91. The molecule has 7 heteroatoms. The first-order valence-corrected chi connectivity index (χ1v) is 9.30. The summed E-state index contributed by atoms with van der Waals surface area (Å²) in [6, 6.07) is 4.79. The van der Waals surface area contributed by atoms with E-state index in [2.05, 4.69) is 0 Å². The molecule has 0 radical (unpaired) electrons. The lowest BCUT2D eigenvalue weighted by Gasteiger charge is -2.29. The van der Waals surface area contributed by atoms with Gasteiger partial charge in [0.2, 0.25) is 10.0 Å². The number of fused-ring (bicyclic) bond motifs is 1. The van der Waals surface area contributed by atoms with E-state index < -0.39 is 10.0 Å². The van der Waals surface area contributed by atoms with Crippen LogP contribution < -0.4 is 5.73 Å². The van der Waals surface area contributed by atoms with Gasteiger partial charge < -0.3 is 5.73 Å². The standard InChI is InChI=1S/C14H18Cl2N2O2S/c15-11-4-2-6-13(14(11)16)21(19,20)18-7-9-3-1-5-12(17)10(9)8-18/h2,4,6,9-10,12H,1,3,5,7-8,17H2. The third-order valence-corrected chi connectivity index (χ3v) is 7.46. The van der Waals surface area contributed by atoms with Gasteiger partial charge in [-0.25, -0.2) is 8.42 Å². The summed E-state index contributed by atoms with van der Waals surface area (Å²) in [5.41, 5.74) is 6.15. The number of nitrogens with zero attached hydrogens (tertiary/aromatic N) is 1. The molecule has 1 heterocycles. The van der Waals surface area contributed by atoms with E-state index in [1.807, 2.05) is 0 Å². The monoisotopic (exact) mass is 348 g/mol. The van der Waals surface area contributed by atoms with Crippen LogP contribution in [0.25, 0.3) is 0 Å². The summed E-state index contributed by atoms with van der Waals surface area (Å²) in [6.07, 6.45) is 3.11. The minimum Gasteiger partial charge on any atom is -0.327 e. The predicted molar refractivity (Wildman–Crippen MR) is 84.0 cm³/mol. The summed E-state index contributed by atoms with van der Waals surface area (Å²) in [4.78, 5) is 0.0869. The van der Waals surface area contributed by atoms with Crippen LogP contribution in [0.15, 0.2) is 23.1 Å². The molecule has 0 spiro atoms. The fourth-order valence-corrected chi connectivity index (χ4v) is 5.76. The Bertz CT molecular complexity index is 650. The predicted octanol–water partition coefficient (Wildman–Crippen LogP) is 2.74. The van der Waals surface area contributed by atoms with Gasteiger partial charge >= 0.3 is 0 Å². The molecule has 0 amide bonds. The van der Waals surface area contributed by atoms with Crippen LogP contribution in [0.3, 0.4) is 0 Å². The number of rotatable bonds is 2. The molecule has 116 valence electrons. The molecule has 1 saturated carbocycles. The van der Waals surface area contributed by atoms with Crippen molar-refractivity contribution in [3.8, 4) is 0 Å². The third kappa shape index (κ3) is 2.70. The number of hydrogen-bond donors (Lipinski definition) is 1. The van der Waals surface area contributed by atoms with Crippen molar-refractivity contribution >= 4 is 33.2 Å². The SMILES string of the molecule is NC1CCCC2CN(S(=O)(=O)c3cccc(Cl)c3Cl)CC12. The molecule has 0 aromatic heterocycles. The maximum absolute atomic E-state index is 12.8. The topological polar surface area (TPSA) is 63.4 Å². The molecule has 2 N–H and O–H groups in total. The van der Waals surface area contributed by atoms with Gasteiger partial charge in [0.15, 0.2) is 0 Å². The maximum Gasteiger partial charge on any atom is 0.244 e. The van der Waals surface area contributed by atoms with Gasteiger partial charge in [-0.3, -0.25) is 0 Å². The van der Waals surface area contributed by atoms with Crippen molar-refractivity contribution in [1.29, 1.82) is 0 Å². The van der Waals surface area contributed by atoms with E-state index in [0.717, 1.165) is 19.3 Å². The molecule has 1 aromatic rings. The molecule has 2 fully saturated rings. The highest BCUT2D eigenvalue weighted by Gasteiger charge is 2.43. The van der Waals surface area contributed by atoms with Crippen molar-refractivity contribution < 1.29 is 8.42 Å². The van der Waals surface area contributed by atoms with E-state index in [1.54, 1.807) is 12.1 Å². The minimum absolute atomic E-state index is 0.0869. The Morgan fingerprint density at radius 2 is 1.95 bits per heavy atom. The van der Waals surface area contributed by atoms with Crippen molar-refractivity contribution in [2.75, 3.05) is 13.1 Å². The number of sulfonamides is 1. The summed E-state index contributed by atoms with van der Waals surface area (Å²) in [6.45, 7) is 1.01. The van der Waals surface area contributed by atoms with E-state index in [4.69, 9.17) is 28.9 Å². The highest BCUT2D eigenvalue weighted by Crippen LogP contribution is 2.39. The average molecular weight is 349 g/mol. The zero-order chi connectivity index (χ0) is 15.2. The summed E-state index contributed by atoms with van der Waals surface area (Å²) in [5.74, 6) is 0.618. The van der Waals surface area contributed by atoms with Gasteiger partial charge in [0.05, 0.1) is 10.0 Å². The average Bonchev–Trinajstić information content (AvgIpc) is 2.88. The van der Waals surface area contributed by atoms with Crippen molar-refractivity contribution in [2.24, 2.45) is 17.6 Å². The molecule has 4 nitrogen and oxygen atoms in total. The second-order valence-electron chi connectivity index (χ2n) is 5.89. The van der Waals surface area contributed by atoms with Crippen LogP contribution >= 0.6 is 23.2 Å². The number of hydrogen-bond acceptors (Lipinski definition) is 3. The van der Waals surface area contributed by atoms with Gasteiger partial charge in [-0.1, -0.05) is 35.7 Å². The fraction of sp³-hybridized carbons (Fsp3) is 0.571. The Labute approximate surface area is 135 Å². The van der Waals surface area contributed by atoms with Crippen LogP contribution in [-0.4, -0.2) is 31.9 Å². The minimum atomic E-state index is -3.61. The molecular weight excluding hydrogens is 331 g/mol. The Morgan fingerprint density at radius 3 is 2.67 bits per heavy atom. The fourth-order valence-electron chi connectivity index (χ4n) is 3.49. The molecular formula is C14H18Cl2N2O2S. The first kappa shape index (κ1) is 15.6. The summed E-state index contributed by atoms with van der Waals surface area (Å²) in [7, 11) is -3.61. The van der Waals surface area contributed by atoms with Crippen molar-refractivity contribution in [2.45, 2.75) is 30.2 Å². The van der Waals surface area contributed by atoms with Crippen LogP contribution in [0.4, 0.5) is 0 Å². The molecule has 3 rings (SSSR count). The molecule has 2 aliphatic rings. The molecule has 21 heavy (non-hydrogen) atoms. The van der Waals surface area contributed by atoms with Crippen LogP contribution in [0.2, 0.25) is 10.0 Å². The summed E-state index contributed by atoms with van der Waals surface area (Å²) < 4.78 is 27.1. The zero-order valence-electron chi connectivity index (χ0n) is 11.5. The number of halogens is 2. The van der Waals surface area contributed by atoms with Crippen LogP contribution in [0.5, 0.6) is 0 Å². The molecule has 3 atom stereocenters. The highest BCUT2D eigenvalue weighted by molar-refractivity contribution is 7.89. The smallest absolute Gasteiger partial charge is 0.244 e. The lowest BCUT2D eigenvalue weighted by Crippen LogP contribution is -2.38. The van der Waals surface area contributed by atoms with Gasteiger partial charge in [-0.05, 0) is 36.8 Å². The van der Waals surface area contributed by atoms with Gasteiger partial charge in [-0.2, -0.15) is 4.31 Å². The Kier molecular flexibility index (Phi) is 4.23. The van der Waals surface area contributed by atoms with E-state index in [1.165, 1.54) is 10.4 Å². The van der Waals surface area contributed by atoms with Gasteiger partial charge in [0.1, 0.15) is 4.90 Å². The largest absolute Gasteiger partial charge is 0.327 e. The second kappa shape index (κ2) is 5.70. The molecule has 0 bridgehead atoms. The van der Waals surface area contributed by atoms with Crippen LogP contribution in [0, 0.1) is 11.8 Å². The normalized spacial score (nSPS) is 30.3. The van der Waals surface area contributed by atoms with Crippen LogP contribution in [-0.2, 0) is 10.0 Å². The molecule has 3 unspecified atom stereocenters. The van der Waals surface area contributed by atoms with E-state index in [0.29, 0.717) is 19.0 Å². The Balaban J connectivity index is 1.91. The Hall–Kier alpha value is -0.330. The lowest BCUT2D eigenvalue weighted by molar-refractivity contribution is 0.260. The maximum atomic E-state index is 12.8. The number of benzene rings is 1. The lowest BCUT2D eigenvalue weighted by atomic mass is 9.78. The van der Waals surface area contributed by atoms with Crippen molar-refractivity contribution in [1.82, 2.24) is 4.31 Å². The van der Waals surface area contributed by atoms with E-state index in [-0.39, 0.29) is 26.9 Å². The second-order valence-corrected chi connectivity index (χ2v) is 8.58. The Morgan fingerprint density at radius 1 is 1.19 bits per heavy atom. The van der Waals surface area contributed by atoms with Gasteiger partial charge in [0.25, 0.3) is 0 Å². The highest BCUT2D eigenvalue weighted by atomic mass is 35.5. The van der Waals surface area contributed by atoms with Crippen LogP contribution in [0.1, 0.15) is 19.3 Å². The summed E-state index contributed by atoms with van der Waals surface area (Å²) in [5, 5.41) is 0.351. The quantitative estimate of drug-likeness (QED) is 0.893. The zero-order valence-corrected chi connectivity index (χ0v) is 13.8. The van der Waals surface area contributed by atoms with Gasteiger partial charge in [-0.15, -0.1) is 0 Å². The first-order valence-electron chi connectivity index (χ1n) is 7.11. The summed E-state index contributed by atoms with van der Waals surface area (Å²) >= 11 is 12.0. The molecule has 1 saturated heterocycles. The number of nitrogens with two attached hydrogens (primary N) is 1. The third-order valence-electron chi connectivity index (χ3n) is 4.65. The van der Waals surface area contributed by atoms with Gasteiger partial charge in [0, 0.05) is 19.1 Å². The molecule has 1 aliphatic carbocycles. The molecule has 1 aliphatic heterocycles. The van der Waals surface area contributed by atoms with E-state index >= 15 is 0 Å².